The largest absolute Gasteiger partial charge is 0.481 e. The summed E-state index contributed by atoms with van der Waals surface area (Å²) in [6.07, 6.45) is 7.59. The van der Waals surface area contributed by atoms with Gasteiger partial charge in [0.15, 0.2) is 5.60 Å². The highest BCUT2D eigenvalue weighted by molar-refractivity contribution is 5.88. The van der Waals surface area contributed by atoms with Crippen LogP contribution in [0.1, 0.15) is 64.5 Å². The van der Waals surface area contributed by atoms with Gasteiger partial charge in [-0.25, -0.2) is 14.8 Å². The smallest absolute Gasteiger partial charge is 0.336 e. The molecular formula is C28H42N6O7. The molecule has 1 fully saturated rings. The van der Waals surface area contributed by atoms with Gasteiger partial charge in [-0.05, 0) is 58.2 Å². The Hall–Kier alpha value is -3.68. The van der Waals surface area contributed by atoms with E-state index in [-0.39, 0.29) is 11.1 Å². The molecule has 1 aliphatic rings. The minimum Gasteiger partial charge on any atom is -0.481 e. The van der Waals surface area contributed by atoms with Crippen LogP contribution in [0.15, 0.2) is 36.9 Å². The van der Waals surface area contributed by atoms with Gasteiger partial charge < -0.3 is 30.6 Å². The van der Waals surface area contributed by atoms with E-state index in [1.165, 1.54) is 5.56 Å². The summed E-state index contributed by atoms with van der Waals surface area (Å²) in [6, 6.07) is 4.69. The average Bonchev–Trinajstić information content (AvgIpc) is 2.82. The Morgan fingerprint density at radius 2 is 1.37 bits per heavy atom. The molecule has 0 saturated carbocycles. The third kappa shape index (κ3) is 11.0. The number of carboxylic acids is 3. The molecule has 0 atom stereocenters. The number of pyridine rings is 1. The zero-order chi connectivity index (χ0) is 31.0. The second kappa shape index (κ2) is 13.8. The number of aromatic nitrogens is 3. The van der Waals surface area contributed by atoms with Crippen LogP contribution in [0.3, 0.4) is 0 Å². The lowest BCUT2D eigenvalue weighted by Crippen LogP contribution is -2.62. The van der Waals surface area contributed by atoms with E-state index in [4.69, 9.17) is 20.4 Å². The highest BCUT2D eigenvalue weighted by Gasteiger charge is 2.41. The summed E-state index contributed by atoms with van der Waals surface area (Å²) in [4.78, 5) is 48.2. The Kier molecular flexibility index (Phi) is 11.3. The minimum absolute atomic E-state index is 0.105. The van der Waals surface area contributed by atoms with Crippen molar-refractivity contribution in [2.24, 2.45) is 0 Å². The molecule has 0 aromatic carbocycles. The number of piperidine rings is 1. The van der Waals surface area contributed by atoms with Gasteiger partial charge in [0.05, 0.1) is 12.8 Å². The maximum absolute atomic E-state index is 10.3. The van der Waals surface area contributed by atoms with Crippen LogP contribution in [0.5, 0.6) is 0 Å². The number of hydrogen-bond donors (Lipinski definition) is 5. The van der Waals surface area contributed by atoms with E-state index < -0.39 is 36.4 Å². The van der Waals surface area contributed by atoms with Crippen molar-refractivity contribution < 1.29 is 34.8 Å². The monoisotopic (exact) mass is 574 g/mol. The van der Waals surface area contributed by atoms with Crippen LogP contribution in [0, 0.1) is 0 Å². The first-order valence-electron chi connectivity index (χ1n) is 13.2. The van der Waals surface area contributed by atoms with E-state index >= 15 is 0 Å². The summed E-state index contributed by atoms with van der Waals surface area (Å²) in [7, 11) is 3.92. The predicted molar refractivity (Wildman–Crippen MR) is 151 cm³/mol. The van der Waals surface area contributed by atoms with E-state index in [2.05, 4.69) is 65.0 Å². The van der Waals surface area contributed by atoms with Gasteiger partial charge >= 0.3 is 17.9 Å². The van der Waals surface area contributed by atoms with Crippen molar-refractivity contribution >= 4 is 23.9 Å². The topological polar surface area (TPSA) is 189 Å². The molecule has 226 valence electrons. The first-order valence-corrected chi connectivity index (χ1v) is 13.2. The SMILES string of the molecule is CN(C)c1ncc(CN(Cc2ccncc2)C2CC(C)(C)NC(C)(C)C2)cn1.O=C(O)CC(O)(CC(=O)O)C(=O)O. The third-order valence-electron chi connectivity index (χ3n) is 6.58. The van der Waals surface area contributed by atoms with Crippen LogP contribution >= 0.6 is 0 Å². The molecule has 0 spiro atoms. The number of rotatable bonds is 11. The second-order valence-electron chi connectivity index (χ2n) is 12.0. The van der Waals surface area contributed by atoms with E-state index in [0.29, 0.717) is 6.04 Å². The first kappa shape index (κ1) is 33.5. The Balaban J connectivity index is 0.000000383. The number of anilines is 1. The second-order valence-corrected chi connectivity index (χ2v) is 12.0. The summed E-state index contributed by atoms with van der Waals surface area (Å²) < 4.78 is 0. The molecule has 3 heterocycles. The van der Waals surface area contributed by atoms with Crippen LogP contribution in [0.25, 0.3) is 0 Å². The predicted octanol–water partition coefficient (Wildman–Crippen LogP) is 2.00. The molecule has 41 heavy (non-hydrogen) atoms. The number of nitrogens with one attached hydrogen (secondary N) is 1. The standard InChI is InChI=1S/C22H34N6.C6H8O7/c1-21(2)11-19(12-22(3,4)26-21)28(15-17-7-9-23-10-8-17)16-18-13-24-20(25-14-18)27(5)6;7-3(8)1-6(13,5(11)12)2-4(9)10/h7-10,13-14,19,26H,11-12,15-16H2,1-6H3;13H,1-2H2,(H,7,8)(H,9,10)(H,11,12). The normalized spacial score (nSPS) is 16.4. The molecule has 3 rings (SSSR count). The zero-order valence-electron chi connectivity index (χ0n) is 24.5. The summed E-state index contributed by atoms with van der Waals surface area (Å²) >= 11 is 0. The summed E-state index contributed by atoms with van der Waals surface area (Å²) in [5.74, 6) is -4.27. The molecule has 1 saturated heterocycles. The fourth-order valence-electron chi connectivity index (χ4n) is 5.17. The van der Waals surface area contributed by atoms with Gasteiger partial charge in [0.1, 0.15) is 0 Å². The number of hydrogen-bond acceptors (Lipinski definition) is 10. The van der Waals surface area contributed by atoms with E-state index in [9.17, 15) is 14.4 Å². The van der Waals surface area contributed by atoms with Crippen molar-refractivity contribution in [3.8, 4) is 0 Å². The number of carboxylic acid groups (broad SMARTS) is 3. The molecule has 2 aromatic rings. The third-order valence-corrected chi connectivity index (χ3v) is 6.58. The van der Waals surface area contributed by atoms with Crippen LogP contribution < -0.4 is 10.2 Å². The molecule has 0 unspecified atom stereocenters. The lowest BCUT2D eigenvalue weighted by atomic mass is 9.79. The Morgan fingerprint density at radius 3 is 1.78 bits per heavy atom. The first-order chi connectivity index (χ1) is 18.9. The summed E-state index contributed by atoms with van der Waals surface area (Å²) in [5.41, 5.74) is -0.0937. The molecular weight excluding hydrogens is 532 g/mol. The lowest BCUT2D eigenvalue weighted by molar-refractivity contribution is -0.170. The fraction of sp³-hybridized carbons (Fsp3) is 0.571. The molecule has 0 aliphatic carbocycles. The van der Waals surface area contributed by atoms with Gasteiger partial charge in [0, 0.05) is 74.7 Å². The number of carbonyl (C=O) groups is 3. The minimum atomic E-state index is -2.74. The van der Waals surface area contributed by atoms with Gasteiger partial charge in [-0.2, -0.15) is 0 Å². The molecule has 13 nitrogen and oxygen atoms in total. The van der Waals surface area contributed by atoms with Gasteiger partial charge in [-0.3, -0.25) is 19.5 Å². The molecule has 2 aromatic heterocycles. The van der Waals surface area contributed by atoms with E-state index in [0.717, 1.165) is 37.4 Å². The number of aliphatic carboxylic acids is 3. The van der Waals surface area contributed by atoms with Crippen molar-refractivity contribution in [3.63, 3.8) is 0 Å². The Morgan fingerprint density at radius 1 is 0.902 bits per heavy atom. The van der Waals surface area contributed by atoms with E-state index in [1.54, 1.807) is 0 Å². The van der Waals surface area contributed by atoms with Gasteiger partial charge in [-0.1, -0.05) is 0 Å². The molecule has 0 amide bonds. The number of aliphatic hydroxyl groups is 1. The summed E-state index contributed by atoms with van der Waals surface area (Å²) in [6.45, 7) is 11.0. The molecule has 13 heteroatoms. The quantitative estimate of drug-likeness (QED) is 0.262. The zero-order valence-corrected chi connectivity index (χ0v) is 24.5. The van der Waals surface area contributed by atoms with Crippen LogP contribution in [0.4, 0.5) is 5.95 Å². The Bertz CT molecular complexity index is 1140. The van der Waals surface area contributed by atoms with Crippen molar-refractivity contribution in [1.82, 2.24) is 25.2 Å². The fourth-order valence-corrected chi connectivity index (χ4v) is 5.17. The maximum Gasteiger partial charge on any atom is 0.336 e. The molecule has 5 N–H and O–H groups in total. The van der Waals surface area contributed by atoms with Crippen molar-refractivity contribution in [2.75, 3.05) is 19.0 Å². The Labute approximate surface area is 240 Å². The van der Waals surface area contributed by atoms with Gasteiger partial charge in [0.25, 0.3) is 0 Å². The van der Waals surface area contributed by atoms with E-state index in [1.807, 2.05) is 43.8 Å². The highest BCUT2D eigenvalue weighted by atomic mass is 16.4. The van der Waals surface area contributed by atoms with Crippen LogP contribution in [-0.4, -0.2) is 95.0 Å². The lowest BCUT2D eigenvalue weighted by Gasteiger charge is -2.49. The molecule has 0 bridgehead atoms. The van der Waals surface area contributed by atoms with Crippen molar-refractivity contribution in [1.29, 1.82) is 0 Å². The molecule has 0 radical (unpaired) electrons. The van der Waals surface area contributed by atoms with Gasteiger partial charge in [0.2, 0.25) is 5.95 Å². The average molecular weight is 575 g/mol. The summed E-state index contributed by atoms with van der Waals surface area (Å²) in [5, 5.41) is 37.6. The maximum atomic E-state index is 10.3. The van der Waals surface area contributed by atoms with Crippen LogP contribution in [-0.2, 0) is 27.5 Å². The van der Waals surface area contributed by atoms with Crippen molar-refractivity contribution in [3.05, 3.63) is 48.0 Å². The number of nitrogens with zero attached hydrogens (tertiary/aromatic N) is 5. The highest BCUT2D eigenvalue weighted by Crippen LogP contribution is 2.33. The van der Waals surface area contributed by atoms with Crippen LogP contribution in [0.2, 0.25) is 0 Å². The van der Waals surface area contributed by atoms with Gasteiger partial charge in [-0.15, -0.1) is 0 Å². The van der Waals surface area contributed by atoms with Crippen molar-refractivity contribution in [2.45, 2.75) is 89.2 Å². The molecule has 1 aliphatic heterocycles.